The minimum Gasteiger partial charge on any atom is -0.453 e. The summed E-state index contributed by atoms with van der Waals surface area (Å²) in [6, 6.07) is 31.8. The second-order valence-electron chi connectivity index (χ2n) is 12.1. The lowest BCUT2D eigenvalue weighted by Crippen LogP contribution is -2.48. The van der Waals surface area contributed by atoms with Crippen molar-refractivity contribution in [3.8, 4) is 0 Å². The van der Waals surface area contributed by atoms with Gasteiger partial charge in [0.05, 0.1) is 18.6 Å². The van der Waals surface area contributed by atoms with Gasteiger partial charge in [0.15, 0.2) is 0 Å². The Morgan fingerprint density at radius 1 is 0.878 bits per heavy atom. The van der Waals surface area contributed by atoms with E-state index < -0.39 is 28.9 Å². The quantitative estimate of drug-likeness (QED) is 0.0594. The van der Waals surface area contributed by atoms with Crippen LogP contribution in [0.2, 0.25) is 0 Å². The number of carbonyl (C=O) groups is 2. The third kappa shape index (κ3) is 10.9. The molecule has 0 bridgehead atoms. The Labute approximate surface area is 292 Å². The molecule has 4 aromatic carbocycles. The average Bonchev–Trinajstić information content (AvgIpc) is 3.12. The van der Waals surface area contributed by atoms with Crippen LogP contribution in [0.25, 0.3) is 0 Å². The molecular weight excluding hydrogens is 641 g/mol. The number of nitro benzene ring substituents is 1. The predicted molar refractivity (Wildman–Crippen MR) is 193 cm³/mol. The molecular formula is C38H44N4O6S. The number of hydrogen-bond acceptors (Lipinski definition) is 8. The third-order valence-corrected chi connectivity index (χ3v) is 9.43. The SMILES string of the molecule is COC(=O)NC(C(=O)Nc1ccccc1CCC(CO)N(CCC(C)C)Sc1ccc([N+](=O)[O-])cc1)C(c1ccccc1)c1ccccc1. The van der Waals surface area contributed by atoms with Gasteiger partial charge >= 0.3 is 6.09 Å². The van der Waals surface area contributed by atoms with Gasteiger partial charge in [0.1, 0.15) is 6.04 Å². The number of alkyl carbamates (subject to hydrolysis) is 1. The fourth-order valence-corrected chi connectivity index (χ4v) is 6.60. The zero-order valence-electron chi connectivity index (χ0n) is 28.0. The van der Waals surface area contributed by atoms with E-state index in [1.54, 1.807) is 12.1 Å². The highest BCUT2D eigenvalue weighted by Gasteiger charge is 2.33. The van der Waals surface area contributed by atoms with Crippen LogP contribution in [0.15, 0.2) is 114 Å². The van der Waals surface area contributed by atoms with Gasteiger partial charge in [0.2, 0.25) is 5.91 Å². The summed E-state index contributed by atoms with van der Waals surface area (Å²) in [6.45, 7) is 4.91. The monoisotopic (exact) mass is 684 g/mol. The molecule has 0 fully saturated rings. The van der Waals surface area contributed by atoms with Crippen molar-refractivity contribution < 1.29 is 24.4 Å². The van der Waals surface area contributed by atoms with E-state index in [2.05, 4.69) is 28.8 Å². The summed E-state index contributed by atoms with van der Waals surface area (Å²) in [4.78, 5) is 38.3. The number of nitro groups is 1. The van der Waals surface area contributed by atoms with E-state index in [1.807, 2.05) is 84.9 Å². The normalized spacial score (nSPS) is 12.5. The fraction of sp³-hybridized carbons (Fsp3) is 0.316. The molecule has 0 aliphatic heterocycles. The number of benzene rings is 4. The third-order valence-electron chi connectivity index (χ3n) is 8.23. The van der Waals surface area contributed by atoms with Crippen molar-refractivity contribution >= 4 is 35.3 Å². The van der Waals surface area contributed by atoms with Crippen LogP contribution >= 0.6 is 11.9 Å². The van der Waals surface area contributed by atoms with Gasteiger partial charge in [-0.3, -0.25) is 14.9 Å². The second kappa shape index (κ2) is 18.7. The van der Waals surface area contributed by atoms with Crippen molar-refractivity contribution in [3.63, 3.8) is 0 Å². The maximum atomic E-state index is 14.2. The Morgan fingerprint density at radius 2 is 1.47 bits per heavy atom. The number of methoxy groups -OCH3 is 1. The highest BCUT2D eigenvalue weighted by molar-refractivity contribution is 7.97. The Hall–Kier alpha value is -4.71. The number of ether oxygens (including phenoxy) is 1. The van der Waals surface area contributed by atoms with Crippen molar-refractivity contribution in [3.05, 3.63) is 136 Å². The summed E-state index contributed by atoms with van der Waals surface area (Å²) < 4.78 is 7.07. The number of hydrogen-bond donors (Lipinski definition) is 3. The Morgan fingerprint density at radius 3 is 2.02 bits per heavy atom. The van der Waals surface area contributed by atoms with Gasteiger partial charge in [-0.15, -0.1) is 0 Å². The molecule has 2 atom stereocenters. The lowest BCUT2D eigenvalue weighted by Gasteiger charge is -2.30. The molecule has 0 saturated carbocycles. The molecule has 2 amide bonds. The topological polar surface area (TPSA) is 134 Å². The van der Waals surface area contributed by atoms with Gasteiger partial charge in [0, 0.05) is 41.2 Å². The molecule has 0 heterocycles. The first-order valence-corrected chi connectivity index (χ1v) is 17.1. The summed E-state index contributed by atoms with van der Waals surface area (Å²) >= 11 is 1.47. The lowest BCUT2D eigenvalue weighted by atomic mass is 9.84. The van der Waals surface area contributed by atoms with Crippen LogP contribution in [0.4, 0.5) is 16.2 Å². The number of para-hydroxylation sites is 1. The number of nitrogens with one attached hydrogen (secondary N) is 2. The molecule has 11 heteroatoms. The van der Waals surface area contributed by atoms with Crippen molar-refractivity contribution in [1.29, 1.82) is 0 Å². The average molecular weight is 685 g/mol. The first-order valence-electron chi connectivity index (χ1n) is 16.3. The lowest BCUT2D eigenvalue weighted by molar-refractivity contribution is -0.384. The maximum Gasteiger partial charge on any atom is 0.407 e. The van der Waals surface area contributed by atoms with Crippen LogP contribution in [0.3, 0.4) is 0 Å². The van der Waals surface area contributed by atoms with Crippen LogP contribution in [0, 0.1) is 16.0 Å². The fourth-order valence-electron chi connectivity index (χ4n) is 5.56. The molecule has 0 aliphatic carbocycles. The molecule has 49 heavy (non-hydrogen) atoms. The molecule has 2 unspecified atom stereocenters. The molecule has 10 nitrogen and oxygen atoms in total. The van der Waals surface area contributed by atoms with Gasteiger partial charge in [-0.05, 0) is 72.0 Å². The van der Waals surface area contributed by atoms with Crippen LogP contribution in [0.5, 0.6) is 0 Å². The van der Waals surface area contributed by atoms with E-state index >= 15 is 0 Å². The van der Waals surface area contributed by atoms with Crippen LogP contribution < -0.4 is 10.6 Å². The van der Waals surface area contributed by atoms with Crippen molar-refractivity contribution in [1.82, 2.24) is 9.62 Å². The molecule has 258 valence electrons. The molecule has 4 aromatic rings. The summed E-state index contributed by atoms with van der Waals surface area (Å²) in [5.41, 5.74) is 3.23. The van der Waals surface area contributed by atoms with E-state index in [-0.39, 0.29) is 18.3 Å². The number of non-ortho nitro benzene ring substituents is 1. The number of amides is 2. The Kier molecular flexibility index (Phi) is 14.2. The highest BCUT2D eigenvalue weighted by atomic mass is 32.2. The van der Waals surface area contributed by atoms with Crippen LogP contribution in [0.1, 0.15) is 49.3 Å². The number of anilines is 1. The Bertz CT molecular complexity index is 1600. The van der Waals surface area contributed by atoms with Crippen LogP contribution in [-0.2, 0) is 16.0 Å². The number of nitrogens with zero attached hydrogens (tertiary/aromatic N) is 2. The van der Waals surface area contributed by atoms with Gasteiger partial charge in [-0.2, -0.15) is 0 Å². The maximum absolute atomic E-state index is 14.2. The van der Waals surface area contributed by atoms with Gasteiger partial charge in [0.25, 0.3) is 5.69 Å². The minimum absolute atomic E-state index is 0.0262. The van der Waals surface area contributed by atoms with Crippen LogP contribution in [-0.4, -0.2) is 58.7 Å². The zero-order chi connectivity index (χ0) is 35.2. The summed E-state index contributed by atoms with van der Waals surface area (Å²) in [5.74, 6) is -0.461. The largest absolute Gasteiger partial charge is 0.453 e. The number of aryl methyl sites for hydroxylation is 1. The van der Waals surface area contributed by atoms with E-state index in [1.165, 1.54) is 31.2 Å². The van der Waals surface area contributed by atoms with E-state index in [0.717, 1.165) is 28.0 Å². The smallest absolute Gasteiger partial charge is 0.407 e. The van der Waals surface area contributed by atoms with E-state index in [0.29, 0.717) is 31.0 Å². The zero-order valence-corrected chi connectivity index (χ0v) is 28.8. The van der Waals surface area contributed by atoms with E-state index in [9.17, 15) is 24.8 Å². The van der Waals surface area contributed by atoms with Crippen molar-refractivity contribution in [2.24, 2.45) is 5.92 Å². The number of carbonyl (C=O) groups excluding carboxylic acids is 2. The first kappa shape index (κ1) is 37.1. The number of aliphatic hydroxyl groups excluding tert-OH is 1. The summed E-state index contributed by atoms with van der Waals surface area (Å²) in [7, 11) is 1.27. The molecule has 0 spiro atoms. The van der Waals surface area contributed by atoms with Gasteiger partial charge in [-0.1, -0.05) is 92.7 Å². The van der Waals surface area contributed by atoms with Crippen molar-refractivity contribution in [2.75, 3.05) is 25.6 Å². The summed E-state index contributed by atoms with van der Waals surface area (Å²) in [5, 5.41) is 27.5. The highest BCUT2D eigenvalue weighted by Crippen LogP contribution is 2.32. The predicted octanol–water partition coefficient (Wildman–Crippen LogP) is 7.44. The number of rotatable bonds is 17. The summed E-state index contributed by atoms with van der Waals surface area (Å²) in [6.07, 6.45) is 1.32. The second-order valence-corrected chi connectivity index (χ2v) is 13.2. The molecule has 0 aromatic heterocycles. The standard InChI is InChI=1S/C38H44N4O6S/c1-27(2)24-25-41(49-33-22-20-31(21-23-33)42(46)47)32(26-43)19-18-28-12-10-11-17-34(28)39-37(44)36(40-38(45)48-3)35(29-13-6-4-7-14-29)30-15-8-5-9-16-30/h4-17,20-23,27,32,35-36,43H,18-19,24-26H2,1-3H3,(H,39,44)(H,40,45). The molecule has 3 N–H and O–H groups in total. The molecule has 0 radical (unpaired) electrons. The first-order chi connectivity index (χ1) is 23.7. The number of aliphatic hydroxyl groups is 1. The van der Waals surface area contributed by atoms with E-state index in [4.69, 9.17) is 4.74 Å². The Balaban J connectivity index is 1.56. The van der Waals surface area contributed by atoms with Crippen molar-refractivity contribution in [2.45, 2.75) is 56.0 Å². The molecule has 0 saturated heterocycles. The molecule has 4 rings (SSSR count). The van der Waals surface area contributed by atoms with Gasteiger partial charge < -0.3 is 20.5 Å². The minimum atomic E-state index is -1.000. The van der Waals surface area contributed by atoms with Gasteiger partial charge in [-0.25, -0.2) is 9.10 Å². The molecule has 0 aliphatic rings.